The number of rotatable bonds is 11. The Labute approximate surface area is 291 Å². The fourth-order valence-electron chi connectivity index (χ4n) is 6.47. The van der Waals surface area contributed by atoms with E-state index >= 15 is 0 Å². The van der Waals surface area contributed by atoms with E-state index in [4.69, 9.17) is 10.5 Å². The van der Waals surface area contributed by atoms with Gasteiger partial charge in [-0.15, -0.1) is 22.6 Å². The number of nitrogens with two attached hydrogens (primary N) is 1. The molecule has 0 radical (unpaired) electrons. The summed E-state index contributed by atoms with van der Waals surface area (Å²) in [6.45, 7) is 1.83. The van der Waals surface area contributed by atoms with E-state index in [0.29, 0.717) is 56.5 Å². The Morgan fingerprint density at radius 3 is 2.16 bits per heavy atom. The Kier molecular flexibility index (Phi) is 12.5. The number of nitrogens with zero attached hydrogens (tertiary/aromatic N) is 3. The van der Waals surface area contributed by atoms with E-state index in [1.807, 2.05) is 48.5 Å². The van der Waals surface area contributed by atoms with Crippen LogP contribution in [0.4, 0.5) is 11.4 Å². The number of tetrazole rings is 1. The molecule has 49 heavy (non-hydrogen) atoms. The number of nitrogens with one attached hydrogen (secondary N) is 4. The number of halogens is 1. The number of aromatic nitrogens is 4. The molecule has 0 unspecified atom stereocenters. The van der Waals surface area contributed by atoms with Crippen LogP contribution in [0, 0.1) is 17.8 Å². The van der Waals surface area contributed by atoms with Gasteiger partial charge >= 0.3 is 0 Å². The van der Waals surface area contributed by atoms with Gasteiger partial charge in [-0.25, -0.2) is 0 Å². The van der Waals surface area contributed by atoms with Gasteiger partial charge in [-0.2, -0.15) is 5.21 Å². The summed E-state index contributed by atoms with van der Waals surface area (Å²) >= 11 is 0. The van der Waals surface area contributed by atoms with Crippen molar-refractivity contribution in [1.29, 1.82) is 0 Å². The fraction of sp³-hybridized carbons (Fsp3) is 0.389. The fourth-order valence-corrected chi connectivity index (χ4v) is 6.47. The molecule has 3 amide bonds. The number of anilines is 2. The first-order valence-corrected chi connectivity index (χ1v) is 16.7. The van der Waals surface area contributed by atoms with Gasteiger partial charge in [0, 0.05) is 54.0 Å². The first-order valence-electron chi connectivity index (χ1n) is 16.7. The summed E-state index contributed by atoms with van der Waals surface area (Å²) in [6.07, 6.45) is 5.09. The summed E-state index contributed by atoms with van der Waals surface area (Å²) in [6, 6.07) is 22.0. The lowest BCUT2D eigenvalue weighted by Gasteiger charge is -2.28. The van der Waals surface area contributed by atoms with Crippen LogP contribution in [0.2, 0.25) is 0 Å². The zero-order valence-electron chi connectivity index (χ0n) is 27.3. The Morgan fingerprint density at radius 2 is 1.49 bits per heavy atom. The van der Waals surface area contributed by atoms with Crippen LogP contribution in [0.3, 0.4) is 0 Å². The Balaban J connectivity index is 0.00000468. The molecule has 3 aromatic carbocycles. The quantitative estimate of drug-likeness (QED) is 0.150. The van der Waals surface area contributed by atoms with Gasteiger partial charge in [-0.3, -0.25) is 14.4 Å². The van der Waals surface area contributed by atoms with Crippen molar-refractivity contribution >= 4 is 41.5 Å². The number of aromatic amines is 1. The Morgan fingerprint density at radius 1 is 0.816 bits per heavy atom. The van der Waals surface area contributed by atoms with Crippen LogP contribution >= 0.6 is 12.4 Å². The molecule has 1 saturated carbocycles. The number of ether oxygens (including phenoxy) is 1. The van der Waals surface area contributed by atoms with Gasteiger partial charge in [0.05, 0.1) is 0 Å². The summed E-state index contributed by atoms with van der Waals surface area (Å²) in [4.78, 5) is 40.1. The van der Waals surface area contributed by atoms with Crippen molar-refractivity contribution in [2.24, 2.45) is 23.5 Å². The SMILES string of the molecule is Cl.NC[C@H]1CC[C@H](C(=O)N[C@@H](Cc2ccc(-c3ccccc3NC(=O)C3CCOCC3)cc2)C(=O)Nc2ccc(-c3nn[nH]n3)cc2)CC1. The minimum absolute atomic E-state index is 0. The van der Waals surface area contributed by atoms with E-state index in [9.17, 15) is 14.4 Å². The monoisotopic (exact) mass is 686 g/mol. The van der Waals surface area contributed by atoms with Crippen LogP contribution in [0.15, 0.2) is 72.8 Å². The van der Waals surface area contributed by atoms with Crippen molar-refractivity contribution in [3.05, 3.63) is 78.4 Å². The molecule has 2 heterocycles. The van der Waals surface area contributed by atoms with Crippen LogP contribution in [-0.2, 0) is 25.5 Å². The van der Waals surface area contributed by atoms with Gasteiger partial charge in [-0.05, 0) is 97.7 Å². The lowest BCUT2D eigenvalue weighted by atomic mass is 9.81. The second-order valence-electron chi connectivity index (χ2n) is 12.6. The van der Waals surface area contributed by atoms with Gasteiger partial charge < -0.3 is 26.4 Å². The minimum Gasteiger partial charge on any atom is -0.381 e. The van der Waals surface area contributed by atoms with Gasteiger partial charge in [0.15, 0.2) is 0 Å². The molecule has 1 saturated heterocycles. The van der Waals surface area contributed by atoms with Gasteiger partial charge in [0.25, 0.3) is 0 Å². The number of benzene rings is 3. The molecule has 0 bridgehead atoms. The smallest absolute Gasteiger partial charge is 0.247 e. The molecule has 258 valence electrons. The van der Waals surface area contributed by atoms with Crippen LogP contribution in [0.5, 0.6) is 0 Å². The standard InChI is InChI=1S/C36H42N8O4.ClH/c37-22-24-7-11-27(12-8-24)34(45)40-32(36(47)38-29-15-13-26(14-16-29)33-41-43-44-42-33)21-23-5-9-25(10-6-23)30-3-1-2-4-31(30)39-35(46)28-17-19-48-20-18-28;/h1-6,9-10,13-16,24,27-28,32H,7-8,11-12,17-22,37H2,(H,38,47)(H,39,46)(H,40,45)(H,41,42,43,44);1H/t24-,27-,32-;/m0./s1. The van der Waals surface area contributed by atoms with Crippen LogP contribution in [-0.4, -0.2) is 64.1 Å². The van der Waals surface area contributed by atoms with Crippen LogP contribution < -0.4 is 21.7 Å². The molecule has 12 nitrogen and oxygen atoms in total. The van der Waals surface area contributed by atoms with Crippen molar-refractivity contribution < 1.29 is 19.1 Å². The third kappa shape index (κ3) is 9.28. The molecule has 6 rings (SSSR count). The summed E-state index contributed by atoms with van der Waals surface area (Å²) < 4.78 is 5.41. The number of amides is 3. The van der Waals surface area contributed by atoms with Crippen molar-refractivity contribution in [3.63, 3.8) is 0 Å². The van der Waals surface area contributed by atoms with Crippen molar-refractivity contribution in [2.45, 2.75) is 51.0 Å². The van der Waals surface area contributed by atoms with Crippen molar-refractivity contribution in [1.82, 2.24) is 25.9 Å². The van der Waals surface area contributed by atoms with Crippen molar-refractivity contribution in [2.75, 3.05) is 30.4 Å². The van der Waals surface area contributed by atoms with Gasteiger partial charge in [0.1, 0.15) is 6.04 Å². The molecule has 1 aliphatic carbocycles. The topological polar surface area (TPSA) is 177 Å². The summed E-state index contributed by atoms with van der Waals surface area (Å²) in [5.74, 6) is 0.282. The molecular formula is C36H43ClN8O4. The highest BCUT2D eigenvalue weighted by Gasteiger charge is 2.29. The third-order valence-corrected chi connectivity index (χ3v) is 9.42. The van der Waals surface area contributed by atoms with E-state index in [-0.39, 0.29) is 42.0 Å². The molecular weight excluding hydrogens is 644 g/mol. The predicted molar refractivity (Wildman–Crippen MR) is 190 cm³/mol. The van der Waals surface area contributed by atoms with E-state index in [1.165, 1.54) is 0 Å². The molecule has 1 aromatic heterocycles. The molecule has 1 atom stereocenters. The summed E-state index contributed by atoms with van der Waals surface area (Å²) in [5, 5.41) is 23.1. The average molecular weight is 687 g/mol. The van der Waals surface area contributed by atoms with Gasteiger partial charge in [0.2, 0.25) is 23.5 Å². The minimum atomic E-state index is -0.793. The number of carbonyl (C=O) groups is 3. The molecule has 0 spiro atoms. The van der Waals surface area contributed by atoms with Crippen LogP contribution in [0.25, 0.3) is 22.5 Å². The van der Waals surface area contributed by atoms with E-state index < -0.39 is 6.04 Å². The van der Waals surface area contributed by atoms with E-state index in [1.54, 1.807) is 24.3 Å². The number of H-pyrrole nitrogens is 1. The largest absolute Gasteiger partial charge is 0.381 e. The lowest BCUT2D eigenvalue weighted by molar-refractivity contribution is -0.130. The summed E-state index contributed by atoms with van der Waals surface area (Å²) in [5.41, 5.74) is 10.7. The molecule has 13 heteroatoms. The highest BCUT2D eigenvalue weighted by atomic mass is 35.5. The molecule has 2 fully saturated rings. The maximum Gasteiger partial charge on any atom is 0.247 e. The van der Waals surface area contributed by atoms with E-state index in [2.05, 4.69) is 36.6 Å². The zero-order chi connectivity index (χ0) is 33.3. The number of carbonyl (C=O) groups excluding carboxylic acids is 3. The van der Waals surface area contributed by atoms with Crippen molar-refractivity contribution in [3.8, 4) is 22.5 Å². The highest BCUT2D eigenvalue weighted by Crippen LogP contribution is 2.31. The predicted octanol–water partition coefficient (Wildman–Crippen LogP) is 4.75. The van der Waals surface area contributed by atoms with E-state index in [0.717, 1.165) is 53.6 Å². The van der Waals surface area contributed by atoms with Crippen LogP contribution in [0.1, 0.15) is 44.1 Å². The molecule has 1 aliphatic heterocycles. The number of hydrogen-bond acceptors (Lipinski definition) is 8. The lowest BCUT2D eigenvalue weighted by Crippen LogP contribution is -2.48. The Hall–Kier alpha value is -4.65. The second kappa shape index (κ2) is 17.1. The third-order valence-electron chi connectivity index (χ3n) is 9.42. The Bertz CT molecular complexity index is 1670. The average Bonchev–Trinajstić information content (AvgIpc) is 3.68. The second-order valence-corrected chi connectivity index (χ2v) is 12.6. The maximum absolute atomic E-state index is 13.7. The zero-order valence-corrected chi connectivity index (χ0v) is 28.1. The molecule has 4 aromatic rings. The molecule has 2 aliphatic rings. The number of hydrogen-bond donors (Lipinski definition) is 5. The number of para-hydroxylation sites is 1. The first kappa shape index (κ1) is 35.7. The maximum atomic E-state index is 13.7. The highest BCUT2D eigenvalue weighted by molar-refractivity contribution is 5.98. The summed E-state index contributed by atoms with van der Waals surface area (Å²) in [7, 11) is 0. The normalized spacial score (nSPS) is 18.5. The molecule has 6 N–H and O–H groups in total. The first-order chi connectivity index (χ1) is 23.5. The van der Waals surface area contributed by atoms with Gasteiger partial charge in [-0.1, -0.05) is 42.5 Å².